The van der Waals surface area contributed by atoms with Crippen molar-refractivity contribution in [2.24, 2.45) is 0 Å². The molecule has 2 aromatic rings. The number of halogens is 1. The third-order valence-corrected chi connectivity index (χ3v) is 5.72. The molecule has 0 saturated carbocycles. The summed E-state index contributed by atoms with van der Waals surface area (Å²) < 4.78 is 34.8. The van der Waals surface area contributed by atoms with Crippen LogP contribution in [0.15, 0.2) is 29.2 Å². The quantitative estimate of drug-likeness (QED) is 0.680. The largest absolute Gasteiger partial charge is 0.444 e. The van der Waals surface area contributed by atoms with E-state index in [1.807, 2.05) is 6.92 Å². The van der Waals surface area contributed by atoms with E-state index in [-0.39, 0.29) is 23.1 Å². The van der Waals surface area contributed by atoms with E-state index in [4.69, 9.17) is 20.5 Å². The molecule has 0 saturated heterocycles. The van der Waals surface area contributed by atoms with E-state index in [0.717, 1.165) is 16.9 Å². The van der Waals surface area contributed by atoms with Gasteiger partial charge in [0.25, 0.3) is 10.1 Å². The predicted molar refractivity (Wildman–Crippen MR) is 105 cm³/mol. The molecule has 1 N–H and O–H groups in total. The number of nitrogens with zero attached hydrogens (tertiary/aromatic N) is 1. The zero-order chi connectivity index (χ0) is 20.2. The van der Waals surface area contributed by atoms with E-state index in [9.17, 15) is 13.2 Å². The summed E-state index contributed by atoms with van der Waals surface area (Å²) in [6.45, 7) is 6.99. The number of rotatable bonds is 6. The Morgan fingerprint density at radius 2 is 1.89 bits per heavy atom. The summed E-state index contributed by atoms with van der Waals surface area (Å²) in [4.78, 5) is 16.0. The second-order valence-electron chi connectivity index (χ2n) is 6.71. The van der Waals surface area contributed by atoms with Gasteiger partial charge in [0.2, 0.25) is 0 Å². The third-order valence-electron chi connectivity index (χ3n) is 3.14. The number of carbonyl (C=O) groups excluding carboxylic acids is 1. The van der Waals surface area contributed by atoms with Crippen molar-refractivity contribution in [1.29, 1.82) is 0 Å². The first kappa shape index (κ1) is 21.6. The smallest absolute Gasteiger partial charge is 0.413 e. The van der Waals surface area contributed by atoms with Gasteiger partial charge in [0.05, 0.1) is 17.2 Å². The molecule has 2 rings (SSSR count). The Morgan fingerprint density at radius 1 is 1.26 bits per heavy atom. The first-order valence-corrected chi connectivity index (χ1v) is 10.7. The topological polar surface area (TPSA) is 94.6 Å². The van der Waals surface area contributed by atoms with E-state index >= 15 is 0 Å². The van der Waals surface area contributed by atoms with Crippen LogP contribution in [0.2, 0.25) is 4.34 Å². The molecule has 148 valence electrons. The highest BCUT2D eigenvalue weighted by molar-refractivity contribution is 7.86. The van der Waals surface area contributed by atoms with Crippen molar-refractivity contribution in [2.45, 2.75) is 44.6 Å². The molecule has 7 nitrogen and oxygen atoms in total. The molecule has 0 atom stereocenters. The number of carbonyl (C=O) groups is 1. The van der Waals surface area contributed by atoms with Crippen molar-refractivity contribution in [3.8, 4) is 0 Å². The zero-order valence-corrected chi connectivity index (χ0v) is 17.8. The summed E-state index contributed by atoms with van der Waals surface area (Å²) in [6.07, 6.45) is -0.464. The highest BCUT2D eigenvalue weighted by Crippen LogP contribution is 2.29. The molecule has 0 aliphatic rings. The van der Waals surface area contributed by atoms with Crippen LogP contribution in [-0.4, -0.2) is 31.7 Å². The molecule has 0 spiro atoms. The number of ether oxygens (including phenoxy) is 1. The van der Waals surface area contributed by atoms with Crippen molar-refractivity contribution < 1.29 is 22.1 Å². The Kier molecular flexibility index (Phi) is 6.85. The standard InChI is InChI=1S/C17H21ClN2O5S2/c1-11-5-7-12(8-6-11)27(22,23)24-10-9-13-14(18)26-15(19-13)20-16(21)25-17(2,3)4/h5-8H,9-10H2,1-4H3,(H,19,20,21). The maximum Gasteiger partial charge on any atom is 0.413 e. The minimum atomic E-state index is -3.85. The molecule has 1 heterocycles. The lowest BCUT2D eigenvalue weighted by Gasteiger charge is -2.18. The van der Waals surface area contributed by atoms with Gasteiger partial charge in [-0.05, 0) is 39.8 Å². The number of benzene rings is 1. The van der Waals surface area contributed by atoms with Gasteiger partial charge in [0.1, 0.15) is 9.94 Å². The maximum atomic E-state index is 12.2. The van der Waals surface area contributed by atoms with Crippen molar-refractivity contribution in [2.75, 3.05) is 11.9 Å². The zero-order valence-electron chi connectivity index (χ0n) is 15.4. The fourth-order valence-corrected chi connectivity index (χ4v) is 3.94. The van der Waals surface area contributed by atoms with E-state index in [0.29, 0.717) is 10.0 Å². The van der Waals surface area contributed by atoms with E-state index in [1.165, 1.54) is 12.1 Å². The summed E-state index contributed by atoms with van der Waals surface area (Å²) in [6, 6.07) is 6.37. The maximum absolute atomic E-state index is 12.2. The number of aryl methyl sites for hydroxylation is 1. The Balaban J connectivity index is 1.94. The number of aromatic nitrogens is 1. The van der Waals surface area contributed by atoms with Crippen molar-refractivity contribution in [3.05, 3.63) is 39.9 Å². The van der Waals surface area contributed by atoms with Gasteiger partial charge in [-0.3, -0.25) is 9.50 Å². The molecule has 0 aliphatic heterocycles. The molecule has 0 unspecified atom stereocenters. The molecule has 1 amide bonds. The normalized spacial score (nSPS) is 12.0. The van der Waals surface area contributed by atoms with Crippen LogP contribution >= 0.6 is 22.9 Å². The Bertz CT molecular complexity index is 902. The lowest BCUT2D eigenvalue weighted by molar-refractivity contribution is 0.0636. The molecule has 1 aromatic heterocycles. The van der Waals surface area contributed by atoms with Gasteiger partial charge in [-0.25, -0.2) is 9.78 Å². The first-order valence-electron chi connectivity index (χ1n) is 8.07. The highest BCUT2D eigenvalue weighted by Gasteiger charge is 2.19. The first-order chi connectivity index (χ1) is 12.5. The van der Waals surface area contributed by atoms with Gasteiger partial charge in [-0.15, -0.1) is 0 Å². The van der Waals surface area contributed by atoms with Crippen molar-refractivity contribution in [3.63, 3.8) is 0 Å². The van der Waals surface area contributed by atoms with Crippen LogP contribution in [0.5, 0.6) is 0 Å². The minimum Gasteiger partial charge on any atom is -0.444 e. The molecule has 10 heteroatoms. The number of hydrogen-bond donors (Lipinski definition) is 1. The molecule has 1 aromatic carbocycles. The fraction of sp³-hybridized carbons (Fsp3) is 0.412. The van der Waals surface area contributed by atoms with E-state index in [2.05, 4.69) is 10.3 Å². The van der Waals surface area contributed by atoms with Crippen LogP contribution in [0.4, 0.5) is 9.93 Å². The average Bonchev–Trinajstić information content (AvgIpc) is 2.85. The SMILES string of the molecule is Cc1ccc(S(=O)(=O)OCCc2nc(NC(=O)OC(C)(C)C)sc2Cl)cc1. The Hall–Kier alpha value is -1.68. The van der Waals surface area contributed by atoms with Crippen LogP contribution in [0.3, 0.4) is 0 Å². The molecular formula is C17H21ClN2O5S2. The minimum absolute atomic E-state index is 0.0877. The molecule has 0 aliphatic carbocycles. The van der Waals surface area contributed by atoms with Crippen molar-refractivity contribution in [1.82, 2.24) is 4.98 Å². The number of anilines is 1. The molecular weight excluding hydrogens is 412 g/mol. The lowest BCUT2D eigenvalue weighted by Crippen LogP contribution is -2.27. The number of thiazole rings is 1. The van der Waals surface area contributed by atoms with Gasteiger partial charge >= 0.3 is 6.09 Å². The Morgan fingerprint density at radius 3 is 2.48 bits per heavy atom. The summed E-state index contributed by atoms with van der Waals surface area (Å²) in [5.74, 6) is 0. The van der Waals surface area contributed by atoms with Crippen LogP contribution < -0.4 is 5.32 Å². The van der Waals surface area contributed by atoms with Gasteiger partial charge in [0, 0.05) is 6.42 Å². The molecule has 27 heavy (non-hydrogen) atoms. The molecule has 0 bridgehead atoms. The monoisotopic (exact) mass is 432 g/mol. The van der Waals surface area contributed by atoms with Crippen LogP contribution in [0.25, 0.3) is 0 Å². The third kappa shape index (κ3) is 6.76. The van der Waals surface area contributed by atoms with Crippen LogP contribution in [0.1, 0.15) is 32.0 Å². The summed E-state index contributed by atoms with van der Waals surface area (Å²) in [5, 5.41) is 2.77. The summed E-state index contributed by atoms with van der Waals surface area (Å²) >= 11 is 7.17. The summed E-state index contributed by atoms with van der Waals surface area (Å²) in [7, 11) is -3.85. The van der Waals surface area contributed by atoms with Gasteiger partial charge in [-0.2, -0.15) is 8.42 Å². The van der Waals surface area contributed by atoms with E-state index < -0.39 is 21.8 Å². The Labute approximate surface area is 167 Å². The summed E-state index contributed by atoms with van der Waals surface area (Å²) in [5.41, 5.74) is 0.756. The number of hydrogen-bond acceptors (Lipinski definition) is 7. The molecule has 0 radical (unpaired) electrons. The van der Waals surface area contributed by atoms with Crippen LogP contribution in [-0.2, 0) is 25.5 Å². The lowest BCUT2D eigenvalue weighted by atomic mass is 10.2. The predicted octanol–water partition coefficient (Wildman–Crippen LogP) is 4.40. The second-order valence-corrected chi connectivity index (χ2v) is 9.92. The average molecular weight is 433 g/mol. The number of nitrogens with one attached hydrogen (secondary N) is 1. The highest BCUT2D eigenvalue weighted by atomic mass is 35.5. The van der Waals surface area contributed by atoms with E-state index in [1.54, 1.807) is 32.9 Å². The molecule has 0 fully saturated rings. The van der Waals surface area contributed by atoms with Gasteiger partial charge in [-0.1, -0.05) is 40.6 Å². The van der Waals surface area contributed by atoms with Crippen LogP contribution in [0, 0.1) is 6.92 Å². The van der Waals surface area contributed by atoms with Gasteiger partial charge in [0.15, 0.2) is 5.13 Å². The fourth-order valence-electron chi connectivity index (χ4n) is 1.95. The van der Waals surface area contributed by atoms with Crippen molar-refractivity contribution >= 4 is 44.3 Å². The van der Waals surface area contributed by atoms with Gasteiger partial charge < -0.3 is 4.74 Å². The second kappa shape index (κ2) is 8.55. The number of amides is 1.